The molecule has 28 heavy (non-hydrogen) atoms. The number of ether oxygens (including phenoxy) is 2. The summed E-state index contributed by atoms with van der Waals surface area (Å²) in [6, 6.07) is 9.98. The minimum atomic E-state index is -0.522. The first-order valence-electron chi connectivity index (χ1n) is 8.28. The first-order chi connectivity index (χ1) is 13.5. The quantitative estimate of drug-likeness (QED) is 0.858. The van der Waals surface area contributed by atoms with Crippen molar-refractivity contribution >= 4 is 11.7 Å². The second-order valence-corrected chi connectivity index (χ2v) is 5.85. The van der Waals surface area contributed by atoms with Crippen molar-refractivity contribution in [2.75, 3.05) is 7.11 Å². The van der Waals surface area contributed by atoms with Crippen molar-refractivity contribution in [3.05, 3.63) is 77.3 Å². The van der Waals surface area contributed by atoms with Crippen LogP contribution in [0.15, 0.2) is 60.3 Å². The van der Waals surface area contributed by atoms with Gasteiger partial charge in [-0.25, -0.2) is 4.39 Å². The van der Waals surface area contributed by atoms with Crippen molar-refractivity contribution in [1.29, 1.82) is 5.26 Å². The maximum absolute atomic E-state index is 13.4. The van der Waals surface area contributed by atoms with Crippen LogP contribution >= 0.6 is 0 Å². The van der Waals surface area contributed by atoms with Crippen molar-refractivity contribution < 1.29 is 23.5 Å². The lowest BCUT2D eigenvalue weighted by molar-refractivity contribution is -0.113. The maximum Gasteiger partial charge on any atom is 0.259 e. The van der Waals surface area contributed by atoms with Crippen molar-refractivity contribution in [3.8, 4) is 23.3 Å². The van der Waals surface area contributed by atoms with Crippen LogP contribution in [0.3, 0.4) is 0 Å². The second-order valence-electron chi connectivity index (χ2n) is 5.85. The molecule has 0 bridgehead atoms. The summed E-state index contributed by atoms with van der Waals surface area (Å²) in [5.41, 5.74) is 0.771. The SMILES string of the molecule is COc1cc(F)ccc1Oc1cc(C#N)ccc1C(=O)NC1=CC(=O)CC=C1. The molecular formula is C21H15FN2O4. The summed E-state index contributed by atoms with van der Waals surface area (Å²) in [5.74, 6) is -0.740. The lowest BCUT2D eigenvalue weighted by atomic mass is 10.1. The van der Waals surface area contributed by atoms with Gasteiger partial charge in [0.2, 0.25) is 0 Å². The van der Waals surface area contributed by atoms with Gasteiger partial charge in [-0.2, -0.15) is 5.26 Å². The van der Waals surface area contributed by atoms with Gasteiger partial charge in [0, 0.05) is 24.3 Å². The lowest BCUT2D eigenvalue weighted by Crippen LogP contribution is -2.24. The summed E-state index contributed by atoms with van der Waals surface area (Å²) in [4.78, 5) is 24.2. The summed E-state index contributed by atoms with van der Waals surface area (Å²) in [5, 5.41) is 11.8. The molecular weight excluding hydrogens is 363 g/mol. The molecule has 2 aromatic carbocycles. The number of nitriles is 1. The predicted molar refractivity (Wildman–Crippen MR) is 98.5 cm³/mol. The average molecular weight is 378 g/mol. The molecule has 0 spiro atoms. The van der Waals surface area contributed by atoms with Gasteiger partial charge in [0.1, 0.15) is 11.6 Å². The van der Waals surface area contributed by atoms with E-state index in [1.54, 1.807) is 12.2 Å². The van der Waals surface area contributed by atoms with Crippen LogP contribution in [0.4, 0.5) is 4.39 Å². The van der Waals surface area contributed by atoms with E-state index in [0.29, 0.717) is 5.70 Å². The Morgan fingerprint density at radius 2 is 2.00 bits per heavy atom. The van der Waals surface area contributed by atoms with Crippen molar-refractivity contribution in [1.82, 2.24) is 5.32 Å². The molecule has 0 saturated carbocycles. The van der Waals surface area contributed by atoms with Crippen LogP contribution in [0.25, 0.3) is 0 Å². The first kappa shape index (κ1) is 18.9. The van der Waals surface area contributed by atoms with Crippen LogP contribution in [0, 0.1) is 17.1 Å². The molecule has 0 atom stereocenters. The summed E-state index contributed by atoms with van der Waals surface area (Å²) in [7, 11) is 1.36. The number of hydrogen-bond acceptors (Lipinski definition) is 5. The van der Waals surface area contributed by atoms with Crippen molar-refractivity contribution in [3.63, 3.8) is 0 Å². The Kier molecular flexibility index (Phi) is 5.51. The number of carbonyl (C=O) groups is 2. The maximum atomic E-state index is 13.4. The molecule has 1 N–H and O–H groups in total. The van der Waals surface area contributed by atoms with Gasteiger partial charge in [0.05, 0.1) is 24.3 Å². The van der Waals surface area contributed by atoms with Gasteiger partial charge >= 0.3 is 0 Å². The minimum absolute atomic E-state index is 0.0909. The fourth-order valence-corrected chi connectivity index (χ4v) is 2.57. The van der Waals surface area contributed by atoms with Gasteiger partial charge < -0.3 is 14.8 Å². The highest BCUT2D eigenvalue weighted by atomic mass is 19.1. The van der Waals surface area contributed by atoms with Gasteiger partial charge in [-0.05, 0) is 36.4 Å². The summed E-state index contributed by atoms with van der Waals surface area (Å²) in [6.07, 6.45) is 4.91. The molecule has 6 nitrogen and oxygen atoms in total. The number of rotatable bonds is 5. The van der Waals surface area contributed by atoms with E-state index in [2.05, 4.69) is 5.32 Å². The van der Waals surface area contributed by atoms with Gasteiger partial charge in [0.15, 0.2) is 17.3 Å². The number of benzene rings is 2. The van der Waals surface area contributed by atoms with Crippen molar-refractivity contribution in [2.24, 2.45) is 0 Å². The highest BCUT2D eigenvalue weighted by Gasteiger charge is 2.18. The van der Waals surface area contributed by atoms with E-state index >= 15 is 0 Å². The van der Waals surface area contributed by atoms with E-state index in [1.807, 2.05) is 6.07 Å². The zero-order valence-electron chi connectivity index (χ0n) is 14.9. The number of ketones is 1. The van der Waals surface area contributed by atoms with E-state index in [4.69, 9.17) is 14.7 Å². The van der Waals surface area contributed by atoms with Gasteiger partial charge in [0.25, 0.3) is 5.91 Å². The number of methoxy groups -OCH3 is 1. The van der Waals surface area contributed by atoms with E-state index in [9.17, 15) is 14.0 Å². The largest absolute Gasteiger partial charge is 0.493 e. The molecule has 140 valence electrons. The van der Waals surface area contributed by atoms with Crippen LogP contribution in [0.2, 0.25) is 0 Å². The number of nitrogens with one attached hydrogen (secondary N) is 1. The topological polar surface area (TPSA) is 88.4 Å². The molecule has 0 aliphatic heterocycles. The first-order valence-corrected chi connectivity index (χ1v) is 8.28. The minimum Gasteiger partial charge on any atom is -0.493 e. The van der Waals surface area contributed by atoms with Crippen molar-refractivity contribution in [2.45, 2.75) is 6.42 Å². The van der Waals surface area contributed by atoms with E-state index in [1.165, 1.54) is 43.5 Å². The number of carbonyl (C=O) groups excluding carboxylic acids is 2. The molecule has 1 aliphatic rings. The third-order valence-electron chi connectivity index (χ3n) is 3.89. The molecule has 0 aromatic heterocycles. The number of hydrogen-bond donors (Lipinski definition) is 1. The number of amides is 1. The van der Waals surface area contributed by atoms with Gasteiger partial charge in [-0.1, -0.05) is 6.08 Å². The molecule has 1 amide bonds. The Bertz CT molecular complexity index is 1050. The van der Waals surface area contributed by atoms with Crippen LogP contribution in [0.5, 0.6) is 17.2 Å². The summed E-state index contributed by atoms with van der Waals surface area (Å²) >= 11 is 0. The normalized spacial score (nSPS) is 12.8. The molecule has 0 heterocycles. The average Bonchev–Trinajstić information content (AvgIpc) is 2.69. The van der Waals surface area contributed by atoms with Crippen LogP contribution in [-0.2, 0) is 4.79 Å². The molecule has 0 radical (unpaired) electrons. The van der Waals surface area contributed by atoms with Crippen LogP contribution in [-0.4, -0.2) is 18.8 Å². The molecule has 1 aliphatic carbocycles. The van der Waals surface area contributed by atoms with E-state index in [0.717, 1.165) is 6.07 Å². The second kappa shape index (κ2) is 8.18. The van der Waals surface area contributed by atoms with Crippen LogP contribution in [0.1, 0.15) is 22.3 Å². The Morgan fingerprint density at radius 3 is 2.71 bits per heavy atom. The molecule has 2 aromatic rings. The highest BCUT2D eigenvalue weighted by Crippen LogP contribution is 2.34. The zero-order chi connectivity index (χ0) is 20.1. The fourth-order valence-electron chi connectivity index (χ4n) is 2.57. The molecule has 0 saturated heterocycles. The number of halogens is 1. The smallest absolute Gasteiger partial charge is 0.259 e. The molecule has 3 rings (SSSR count). The van der Waals surface area contributed by atoms with E-state index < -0.39 is 11.7 Å². The zero-order valence-corrected chi connectivity index (χ0v) is 14.9. The number of allylic oxidation sites excluding steroid dienone is 3. The Labute approximate surface area is 160 Å². The van der Waals surface area contributed by atoms with Gasteiger partial charge in [-0.15, -0.1) is 0 Å². The monoisotopic (exact) mass is 378 g/mol. The van der Waals surface area contributed by atoms with Gasteiger partial charge in [-0.3, -0.25) is 9.59 Å². The third kappa shape index (κ3) is 4.24. The fraction of sp³-hybridized carbons (Fsp3) is 0.0952. The Hall–Kier alpha value is -3.92. The highest BCUT2D eigenvalue weighted by molar-refractivity contribution is 6.00. The predicted octanol–water partition coefficient (Wildman–Crippen LogP) is 3.64. The third-order valence-corrected chi connectivity index (χ3v) is 3.89. The van der Waals surface area contributed by atoms with Crippen LogP contribution < -0.4 is 14.8 Å². The summed E-state index contributed by atoms with van der Waals surface area (Å²) in [6.45, 7) is 0. The molecule has 0 fully saturated rings. The molecule has 0 unspecified atom stereocenters. The van der Waals surface area contributed by atoms with E-state index in [-0.39, 0.29) is 40.6 Å². The molecule has 7 heteroatoms. The lowest BCUT2D eigenvalue weighted by Gasteiger charge is -2.15. The number of nitrogens with zero attached hydrogens (tertiary/aromatic N) is 1. The Morgan fingerprint density at radius 1 is 1.18 bits per heavy atom. The summed E-state index contributed by atoms with van der Waals surface area (Å²) < 4.78 is 24.3. The Balaban J connectivity index is 1.94. The standard InChI is InChI=1S/C21H15FN2O4/c1-27-20-10-14(22)6-8-18(20)28-19-9-13(12-23)5-7-17(19)21(26)24-15-3-2-4-16(25)11-15/h2-3,5-11H,4H2,1H3,(H,24,26).